The van der Waals surface area contributed by atoms with Crippen LogP contribution >= 0.6 is 0 Å². The van der Waals surface area contributed by atoms with Crippen LogP contribution in [0, 0.1) is 19.3 Å². The predicted molar refractivity (Wildman–Crippen MR) is 111 cm³/mol. The predicted octanol–water partition coefficient (Wildman–Crippen LogP) is 4.48. The van der Waals surface area contributed by atoms with Gasteiger partial charge in [0.1, 0.15) is 12.4 Å². The van der Waals surface area contributed by atoms with E-state index in [1.165, 1.54) is 18.4 Å². The number of ether oxygens (including phenoxy) is 1. The summed E-state index contributed by atoms with van der Waals surface area (Å²) < 4.78 is 11.1. The number of carbonyl (C=O) groups excluding carboxylic acids is 1. The Hall–Kier alpha value is -3.58. The van der Waals surface area contributed by atoms with E-state index in [0.717, 1.165) is 0 Å². The third-order valence-electron chi connectivity index (χ3n) is 3.50. The summed E-state index contributed by atoms with van der Waals surface area (Å²) in [7, 11) is 0. The fourth-order valence-corrected chi connectivity index (χ4v) is 2.23. The Labute approximate surface area is 159 Å². The Morgan fingerprint density at radius 2 is 2.00 bits per heavy atom. The zero-order chi connectivity index (χ0) is 20.4. The van der Waals surface area contributed by atoms with E-state index in [1.807, 2.05) is 0 Å². The van der Waals surface area contributed by atoms with Crippen LogP contribution in [0.5, 0.6) is 0 Å². The lowest BCUT2D eigenvalue weighted by atomic mass is 10.00. The number of terminal acetylenes is 1. The van der Waals surface area contributed by atoms with Crippen LogP contribution in [0.25, 0.3) is 17.2 Å². The first-order valence-corrected chi connectivity index (χ1v) is 8.14. The summed E-state index contributed by atoms with van der Waals surface area (Å²) in [5.41, 5.74) is 0.714. The van der Waals surface area contributed by atoms with Gasteiger partial charge < -0.3 is 9.15 Å². The SMILES string of the molecule is C#CCO/C=C(/C(=O)/C=C/C)c1oc(C(=C)/C=C\C=C)c(C)c(=O)c1C=C. The molecule has 1 rings (SSSR count). The minimum absolute atomic E-state index is 0.0340. The van der Waals surface area contributed by atoms with E-state index < -0.39 is 5.78 Å². The summed E-state index contributed by atoms with van der Waals surface area (Å²) in [6, 6.07) is 0. The Bertz CT molecular complexity index is 944. The molecule has 0 aliphatic carbocycles. The van der Waals surface area contributed by atoms with Gasteiger partial charge in [0.2, 0.25) is 0 Å². The summed E-state index contributed by atoms with van der Waals surface area (Å²) in [5.74, 6) is 2.21. The number of hydrogen-bond acceptors (Lipinski definition) is 4. The molecule has 27 heavy (non-hydrogen) atoms. The van der Waals surface area contributed by atoms with Crippen LogP contribution in [0.15, 0.2) is 65.6 Å². The highest BCUT2D eigenvalue weighted by Crippen LogP contribution is 2.26. The molecule has 0 unspecified atom stereocenters. The highest BCUT2D eigenvalue weighted by Gasteiger charge is 2.22. The van der Waals surface area contributed by atoms with Crippen molar-refractivity contribution in [3.63, 3.8) is 0 Å². The lowest BCUT2D eigenvalue weighted by molar-refractivity contribution is -0.109. The second-order valence-electron chi connectivity index (χ2n) is 5.36. The van der Waals surface area contributed by atoms with Crippen LogP contribution in [0.1, 0.15) is 29.6 Å². The number of carbonyl (C=O) groups is 1. The lowest BCUT2D eigenvalue weighted by Gasteiger charge is -2.12. The quantitative estimate of drug-likeness (QED) is 0.214. The summed E-state index contributed by atoms with van der Waals surface area (Å²) in [4.78, 5) is 25.3. The van der Waals surface area contributed by atoms with Crippen molar-refractivity contribution in [3.8, 4) is 12.3 Å². The second kappa shape index (κ2) is 10.4. The highest BCUT2D eigenvalue weighted by molar-refractivity contribution is 6.25. The molecule has 0 spiro atoms. The van der Waals surface area contributed by atoms with Crippen LogP contribution in [-0.4, -0.2) is 12.4 Å². The van der Waals surface area contributed by atoms with Crippen LogP contribution in [0.2, 0.25) is 0 Å². The third kappa shape index (κ3) is 5.20. The smallest absolute Gasteiger partial charge is 0.196 e. The van der Waals surface area contributed by atoms with E-state index >= 15 is 0 Å². The normalized spacial score (nSPS) is 11.4. The Kier molecular flexibility index (Phi) is 8.28. The van der Waals surface area contributed by atoms with Crippen molar-refractivity contribution < 1.29 is 13.9 Å². The average Bonchev–Trinajstić information content (AvgIpc) is 2.65. The van der Waals surface area contributed by atoms with E-state index in [0.29, 0.717) is 11.1 Å². The van der Waals surface area contributed by atoms with E-state index in [2.05, 4.69) is 25.7 Å². The third-order valence-corrected chi connectivity index (χ3v) is 3.50. The molecule has 0 bridgehead atoms. The molecule has 0 N–H and O–H groups in total. The minimum atomic E-state index is -0.400. The van der Waals surface area contributed by atoms with Crippen LogP contribution in [-0.2, 0) is 9.53 Å². The molecule has 138 valence electrons. The average molecular weight is 362 g/mol. The molecule has 0 aromatic carbocycles. The zero-order valence-corrected chi connectivity index (χ0v) is 15.6. The number of rotatable bonds is 9. The topological polar surface area (TPSA) is 56.5 Å². The summed E-state index contributed by atoms with van der Waals surface area (Å²) in [5, 5.41) is 0. The minimum Gasteiger partial charge on any atom is -0.488 e. The fraction of sp³-hybridized carbons (Fsp3) is 0.130. The molecular weight excluding hydrogens is 340 g/mol. The molecule has 0 saturated carbocycles. The first-order valence-electron chi connectivity index (χ1n) is 8.14. The van der Waals surface area contributed by atoms with Gasteiger partial charge in [0.25, 0.3) is 0 Å². The van der Waals surface area contributed by atoms with Crippen molar-refractivity contribution in [1.82, 2.24) is 0 Å². The molecule has 0 amide bonds. The molecule has 4 heteroatoms. The van der Waals surface area contributed by atoms with Crippen molar-refractivity contribution in [2.75, 3.05) is 6.61 Å². The molecule has 0 saturated heterocycles. The van der Waals surface area contributed by atoms with Gasteiger partial charge in [0.15, 0.2) is 17.0 Å². The molecule has 1 aromatic heterocycles. The zero-order valence-electron chi connectivity index (χ0n) is 15.6. The summed E-state index contributed by atoms with van der Waals surface area (Å²) in [6.07, 6.45) is 15.5. The van der Waals surface area contributed by atoms with Gasteiger partial charge in [-0.2, -0.15) is 0 Å². The number of ketones is 1. The van der Waals surface area contributed by atoms with Crippen molar-refractivity contribution >= 4 is 23.0 Å². The molecule has 1 aromatic rings. The first-order chi connectivity index (χ1) is 12.9. The van der Waals surface area contributed by atoms with Crippen molar-refractivity contribution in [2.24, 2.45) is 0 Å². The fourth-order valence-electron chi connectivity index (χ4n) is 2.23. The Balaban J connectivity index is 3.77. The molecule has 0 radical (unpaired) electrons. The van der Waals surface area contributed by atoms with Gasteiger partial charge in [0.05, 0.1) is 17.4 Å². The van der Waals surface area contributed by atoms with Gasteiger partial charge >= 0.3 is 0 Å². The van der Waals surface area contributed by atoms with E-state index in [9.17, 15) is 9.59 Å². The van der Waals surface area contributed by atoms with E-state index in [1.54, 1.807) is 38.2 Å². The van der Waals surface area contributed by atoms with Gasteiger partial charge in [-0.1, -0.05) is 56.0 Å². The van der Waals surface area contributed by atoms with E-state index in [4.69, 9.17) is 15.6 Å². The molecule has 0 fully saturated rings. The molecule has 4 nitrogen and oxygen atoms in total. The molecule has 0 aliphatic heterocycles. The van der Waals surface area contributed by atoms with Crippen molar-refractivity contribution in [3.05, 3.63) is 89.2 Å². The van der Waals surface area contributed by atoms with Gasteiger partial charge in [-0.3, -0.25) is 9.59 Å². The standard InChI is InChI=1S/C23H22O4/c1-7-11-13-16(5)22-17(6)21(25)18(10-4)23(27-22)19(15-26-14-9-3)20(24)12-8-2/h3,7-8,10-13,15H,1,4-5,14H2,2,6H3/b12-8+,13-11-,19-15-. The molecule has 0 atom stereocenters. The van der Waals surface area contributed by atoms with Crippen molar-refractivity contribution in [2.45, 2.75) is 13.8 Å². The highest BCUT2D eigenvalue weighted by atomic mass is 16.5. The summed E-state index contributed by atoms with van der Waals surface area (Å²) >= 11 is 0. The van der Waals surface area contributed by atoms with Crippen LogP contribution < -0.4 is 5.43 Å². The monoisotopic (exact) mass is 362 g/mol. The Morgan fingerprint density at radius 1 is 1.30 bits per heavy atom. The van der Waals surface area contributed by atoms with Gasteiger partial charge in [-0.05, 0) is 19.9 Å². The number of hydrogen-bond donors (Lipinski definition) is 0. The van der Waals surface area contributed by atoms with E-state index in [-0.39, 0.29) is 34.7 Å². The maximum Gasteiger partial charge on any atom is 0.196 e. The van der Waals surface area contributed by atoms with Gasteiger partial charge in [-0.15, -0.1) is 6.42 Å². The Morgan fingerprint density at radius 3 is 2.56 bits per heavy atom. The second-order valence-corrected chi connectivity index (χ2v) is 5.36. The summed E-state index contributed by atoms with van der Waals surface area (Å²) in [6.45, 7) is 14.5. The largest absolute Gasteiger partial charge is 0.488 e. The first kappa shape index (κ1) is 21.5. The maximum atomic E-state index is 12.8. The molecular formula is C23H22O4. The molecule has 1 heterocycles. The van der Waals surface area contributed by atoms with Crippen molar-refractivity contribution in [1.29, 1.82) is 0 Å². The van der Waals surface area contributed by atoms with Crippen LogP contribution in [0.3, 0.4) is 0 Å². The molecule has 0 aliphatic rings. The maximum absolute atomic E-state index is 12.8. The number of allylic oxidation sites excluding steroid dienone is 7. The van der Waals surface area contributed by atoms with Crippen LogP contribution in [0.4, 0.5) is 0 Å². The van der Waals surface area contributed by atoms with Gasteiger partial charge in [-0.25, -0.2) is 0 Å². The van der Waals surface area contributed by atoms with Gasteiger partial charge in [0, 0.05) is 11.1 Å². The lowest BCUT2D eigenvalue weighted by Crippen LogP contribution is -2.16.